The van der Waals surface area contributed by atoms with Crippen molar-refractivity contribution < 1.29 is 14.8 Å². The summed E-state index contributed by atoms with van der Waals surface area (Å²) >= 11 is 3.92. The van der Waals surface area contributed by atoms with Crippen LogP contribution < -0.4 is 5.48 Å². The summed E-state index contributed by atoms with van der Waals surface area (Å²) in [6.07, 6.45) is 0. The molecule has 0 radical (unpaired) electrons. The molecular formula is C6H7N5O3S. The lowest BCUT2D eigenvalue weighted by molar-refractivity contribution is 0.0694. The summed E-state index contributed by atoms with van der Waals surface area (Å²) in [5.74, 6) is -1.48. The molecule has 0 unspecified atom stereocenters. The fourth-order valence-corrected chi connectivity index (χ4v) is 1.39. The Morgan fingerprint density at radius 3 is 2.93 bits per heavy atom. The molecule has 0 saturated heterocycles. The van der Waals surface area contributed by atoms with Crippen LogP contribution in [0.2, 0.25) is 0 Å². The molecule has 8 nitrogen and oxygen atoms in total. The van der Waals surface area contributed by atoms with E-state index in [1.165, 1.54) is 14.5 Å². The zero-order valence-electron chi connectivity index (χ0n) is 7.41. The number of hydrogen-bond donors (Lipinski definition) is 3. The van der Waals surface area contributed by atoms with Crippen LogP contribution in [-0.4, -0.2) is 42.6 Å². The second-order valence-electron chi connectivity index (χ2n) is 2.85. The van der Waals surface area contributed by atoms with Gasteiger partial charge in [-0.25, -0.2) is 10.2 Å². The number of carbonyl (C=O) groups is 2. The number of aromatic nitrogens is 3. The normalized spacial score (nSPS) is 15.1. The van der Waals surface area contributed by atoms with Crippen LogP contribution in [0.15, 0.2) is 0 Å². The molecule has 1 aliphatic heterocycles. The molecule has 2 N–H and O–H groups in total. The van der Waals surface area contributed by atoms with Crippen molar-refractivity contribution in [2.24, 2.45) is 0 Å². The standard InChI is InChI=1S/C6H7N5O3S/c12-5(9-14)3-7-4-6(13)11(15)2-1-10(4)8-3/h14-15H,1-2H2,(H,9,12). The molecule has 1 aromatic heterocycles. The Balaban J connectivity index is 2.39. The molecule has 0 spiro atoms. The van der Waals surface area contributed by atoms with Crippen LogP contribution in [0.1, 0.15) is 21.2 Å². The van der Waals surface area contributed by atoms with Crippen LogP contribution in [0.3, 0.4) is 0 Å². The van der Waals surface area contributed by atoms with Gasteiger partial charge in [0.2, 0.25) is 11.6 Å². The molecule has 0 atom stereocenters. The lowest BCUT2D eigenvalue weighted by Gasteiger charge is -2.20. The summed E-state index contributed by atoms with van der Waals surface area (Å²) in [4.78, 5) is 26.1. The van der Waals surface area contributed by atoms with E-state index >= 15 is 0 Å². The lowest BCUT2D eigenvalue weighted by Crippen LogP contribution is -2.34. The first-order valence-corrected chi connectivity index (χ1v) is 4.43. The maximum absolute atomic E-state index is 11.5. The molecule has 0 saturated carbocycles. The van der Waals surface area contributed by atoms with Gasteiger partial charge in [-0.05, 0) is 0 Å². The van der Waals surface area contributed by atoms with Crippen molar-refractivity contribution in [3.8, 4) is 0 Å². The second-order valence-corrected chi connectivity index (χ2v) is 3.33. The van der Waals surface area contributed by atoms with E-state index in [1.807, 2.05) is 0 Å². The number of hydroxylamine groups is 1. The zero-order valence-corrected chi connectivity index (χ0v) is 8.31. The van der Waals surface area contributed by atoms with Gasteiger partial charge < -0.3 is 0 Å². The highest BCUT2D eigenvalue weighted by molar-refractivity contribution is 7.78. The molecule has 0 aromatic carbocycles. The fraction of sp³-hybridized carbons (Fsp3) is 0.333. The van der Waals surface area contributed by atoms with Gasteiger partial charge in [-0.2, -0.15) is 4.98 Å². The van der Waals surface area contributed by atoms with E-state index < -0.39 is 11.8 Å². The van der Waals surface area contributed by atoms with Crippen LogP contribution >= 0.6 is 12.8 Å². The van der Waals surface area contributed by atoms with Gasteiger partial charge in [-0.3, -0.25) is 19.1 Å². The molecule has 0 fully saturated rings. The molecule has 15 heavy (non-hydrogen) atoms. The van der Waals surface area contributed by atoms with Crippen molar-refractivity contribution >= 4 is 24.6 Å². The van der Waals surface area contributed by atoms with Crippen LogP contribution in [0, 0.1) is 0 Å². The van der Waals surface area contributed by atoms with Crippen LogP contribution in [0.4, 0.5) is 0 Å². The predicted molar refractivity (Wildman–Crippen MR) is 49.3 cm³/mol. The Hall–Kier alpha value is -1.61. The van der Waals surface area contributed by atoms with Gasteiger partial charge in [0.05, 0.1) is 13.1 Å². The van der Waals surface area contributed by atoms with Crippen molar-refractivity contribution in [3.05, 3.63) is 11.6 Å². The van der Waals surface area contributed by atoms with Gasteiger partial charge in [0.25, 0.3) is 0 Å². The van der Waals surface area contributed by atoms with Crippen LogP contribution in [-0.2, 0) is 6.54 Å². The summed E-state index contributed by atoms with van der Waals surface area (Å²) in [5.41, 5.74) is 1.40. The zero-order chi connectivity index (χ0) is 11.0. The van der Waals surface area contributed by atoms with Crippen LogP contribution in [0.25, 0.3) is 0 Å². The summed E-state index contributed by atoms with van der Waals surface area (Å²) in [7, 11) is 0. The Kier molecular flexibility index (Phi) is 2.32. The number of nitrogens with zero attached hydrogens (tertiary/aromatic N) is 4. The smallest absolute Gasteiger partial charge is 0.288 e. The van der Waals surface area contributed by atoms with E-state index in [1.54, 1.807) is 0 Å². The van der Waals surface area contributed by atoms with Crippen molar-refractivity contribution in [1.29, 1.82) is 0 Å². The summed E-state index contributed by atoms with van der Waals surface area (Å²) in [6.45, 7) is 0.800. The highest BCUT2D eigenvalue weighted by atomic mass is 32.1. The average Bonchev–Trinajstić information content (AvgIpc) is 2.67. The van der Waals surface area contributed by atoms with E-state index in [0.717, 1.165) is 0 Å². The van der Waals surface area contributed by atoms with Gasteiger partial charge in [0.15, 0.2) is 0 Å². The third-order valence-electron chi connectivity index (χ3n) is 1.93. The average molecular weight is 229 g/mol. The molecule has 1 aromatic rings. The number of amides is 2. The van der Waals surface area contributed by atoms with Crippen LogP contribution in [0.5, 0.6) is 0 Å². The first kappa shape index (κ1) is 9.93. The highest BCUT2D eigenvalue weighted by Crippen LogP contribution is 2.11. The topological polar surface area (TPSA) is 100 Å². The molecule has 0 bridgehead atoms. The first-order valence-electron chi connectivity index (χ1n) is 4.03. The van der Waals surface area contributed by atoms with Crippen molar-refractivity contribution in [3.63, 3.8) is 0 Å². The maximum Gasteiger partial charge on any atom is 0.314 e. The third-order valence-corrected chi connectivity index (χ3v) is 2.31. The number of fused-ring (bicyclic) bond motifs is 1. The minimum atomic E-state index is -0.851. The molecule has 2 heterocycles. The van der Waals surface area contributed by atoms with Gasteiger partial charge in [-0.15, -0.1) is 5.10 Å². The number of carbonyl (C=O) groups excluding carboxylic acids is 2. The predicted octanol–water partition coefficient (Wildman–Crippen LogP) is -1.30. The largest absolute Gasteiger partial charge is 0.314 e. The summed E-state index contributed by atoms with van der Waals surface area (Å²) in [5, 5.41) is 12.1. The summed E-state index contributed by atoms with van der Waals surface area (Å²) < 4.78 is 2.49. The maximum atomic E-state index is 11.5. The number of nitrogens with one attached hydrogen (secondary N) is 1. The Morgan fingerprint density at radius 2 is 2.27 bits per heavy atom. The molecule has 0 aliphatic carbocycles. The van der Waals surface area contributed by atoms with Crippen molar-refractivity contribution in [1.82, 2.24) is 24.5 Å². The number of hydrogen-bond acceptors (Lipinski definition) is 6. The first-order chi connectivity index (χ1) is 7.13. The lowest BCUT2D eigenvalue weighted by atomic mass is 10.4. The van der Waals surface area contributed by atoms with E-state index in [-0.39, 0.29) is 11.6 Å². The van der Waals surface area contributed by atoms with Crippen molar-refractivity contribution in [2.45, 2.75) is 6.54 Å². The number of rotatable bonds is 1. The third kappa shape index (κ3) is 1.55. The quantitative estimate of drug-likeness (QED) is 0.315. The summed E-state index contributed by atoms with van der Waals surface area (Å²) in [6, 6.07) is 0. The highest BCUT2D eigenvalue weighted by Gasteiger charge is 2.27. The minimum Gasteiger partial charge on any atom is -0.288 e. The van der Waals surface area contributed by atoms with E-state index in [4.69, 9.17) is 5.21 Å². The molecule has 9 heteroatoms. The number of thiol groups is 1. The van der Waals surface area contributed by atoms with Gasteiger partial charge in [0, 0.05) is 0 Å². The molecule has 2 rings (SSSR count). The monoisotopic (exact) mass is 229 g/mol. The van der Waals surface area contributed by atoms with Gasteiger partial charge in [0.1, 0.15) is 0 Å². The van der Waals surface area contributed by atoms with Gasteiger partial charge in [-0.1, -0.05) is 12.8 Å². The van der Waals surface area contributed by atoms with Gasteiger partial charge >= 0.3 is 11.8 Å². The molecular weight excluding hydrogens is 222 g/mol. The molecule has 1 aliphatic rings. The molecule has 2 amide bonds. The Morgan fingerprint density at radius 1 is 1.53 bits per heavy atom. The SMILES string of the molecule is O=C(NO)c1nc2n(n1)CCN(S)C2=O. The van der Waals surface area contributed by atoms with E-state index in [2.05, 4.69) is 22.9 Å². The van der Waals surface area contributed by atoms with E-state index in [0.29, 0.717) is 13.1 Å². The fourth-order valence-electron chi connectivity index (χ4n) is 1.21. The Labute approximate surface area is 89.4 Å². The second kappa shape index (κ2) is 3.51. The van der Waals surface area contributed by atoms with E-state index in [9.17, 15) is 9.59 Å². The minimum absolute atomic E-state index is 0.0369. The van der Waals surface area contributed by atoms with Crippen molar-refractivity contribution in [2.75, 3.05) is 6.54 Å². The molecule has 80 valence electrons. The Bertz CT molecular complexity index is 430.